The normalized spacial score (nSPS) is 19.7. The first-order chi connectivity index (χ1) is 10.7. The smallest absolute Gasteiger partial charge is 0.140 e. The van der Waals surface area contributed by atoms with Crippen LogP contribution in [0.15, 0.2) is 11.4 Å². The first-order valence-electron chi connectivity index (χ1n) is 8.34. The maximum atomic E-state index is 4.78. The van der Waals surface area contributed by atoms with E-state index in [2.05, 4.69) is 47.2 Å². The number of thiophene rings is 1. The fourth-order valence-electron chi connectivity index (χ4n) is 3.29. The molecule has 1 fully saturated rings. The summed E-state index contributed by atoms with van der Waals surface area (Å²) in [6.45, 7) is 4.42. The number of rotatable bonds is 5. The third-order valence-corrected chi connectivity index (χ3v) is 5.55. The quantitative estimate of drug-likeness (QED) is 0.844. The van der Waals surface area contributed by atoms with Crippen LogP contribution in [0.25, 0.3) is 10.2 Å². The zero-order valence-electron chi connectivity index (χ0n) is 13.9. The number of anilines is 1. The fourth-order valence-corrected chi connectivity index (χ4v) is 4.07. The molecule has 120 valence electrons. The van der Waals surface area contributed by atoms with E-state index in [0.29, 0.717) is 0 Å². The largest absolute Gasteiger partial charge is 0.359 e. The lowest BCUT2D eigenvalue weighted by Gasteiger charge is -2.33. The van der Waals surface area contributed by atoms with E-state index in [1.165, 1.54) is 37.6 Å². The van der Waals surface area contributed by atoms with E-state index in [0.717, 1.165) is 35.5 Å². The molecular weight excluding hydrogens is 292 g/mol. The lowest BCUT2D eigenvalue weighted by molar-refractivity contribution is 0.178. The lowest BCUT2D eigenvalue weighted by Crippen LogP contribution is -2.38. The highest BCUT2D eigenvalue weighted by atomic mass is 32.1. The molecule has 2 aromatic rings. The minimum Gasteiger partial charge on any atom is -0.359 e. The molecule has 1 atom stereocenters. The Morgan fingerprint density at radius 2 is 2.23 bits per heavy atom. The minimum absolute atomic E-state index is 0.724. The van der Waals surface area contributed by atoms with E-state index in [4.69, 9.17) is 4.98 Å². The second kappa shape index (κ2) is 6.92. The number of hydrogen-bond acceptors (Lipinski definition) is 5. The summed E-state index contributed by atoms with van der Waals surface area (Å²) in [7, 11) is 4.43. The van der Waals surface area contributed by atoms with Crippen LogP contribution in [0.2, 0.25) is 0 Å². The molecule has 4 nitrogen and oxygen atoms in total. The van der Waals surface area contributed by atoms with Crippen molar-refractivity contribution in [2.24, 2.45) is 0 Å². The number of aromatic nitrogens is 2. The standard InChI is InChI=1S/C17H26N4S/c1-4-15-18-16(14-9-12-22-17(14)19-15)21(3)11-8-13-7-5-6-10-20(13)2/h9,12-13H,4-8,10-11H2,1-3H3. The molecule has 1 unspecified atom stereocenters. The van der Waals surface area contributed by atoms with Crippen LogP contribution >= 0.6 is 11.3 Å². The first-order valence-corrected chi connectivity index (χ1v) is 9.22. The number of aryl methyl sites for hydroxylation is 1. The maximum Gasteiger partial charge on any atom is 0.140 e. The molecule has 0 saturated carbocycles. The average molecular weight is 318 g/mol. The van der Waals surface area contributed by atoms with Gasteiger partial charge in [-0.25, -0.2) is 9.97 Å². The summed E-state index contributed by atoms with van der Waals surface area (Å²) in [6.07, 6.45) is 6.16. The Morgan fingerprint density at radius 3 is 3.00 bits per heavy atom. The molecule has 1 aliphatic heterocycles. The van der Waals surface area contributed by atoms with Crippen molar-refractivity contribution in [2.45, 2.75) is 45.1 Å². The van der Waals surface area contributed by atoms with Crippen molar-refractivity contribution in [1.82, 2.24) is 14.9 Å². The van der Waals surface area contributed by atoms with Gasteiger partial charge in [-0.05, 0) is 44.3 Å². The van der Waals surface area contributed by atoms with E-state index in [-0.39, 0.29) is 0 Å². The first kappa shape index (κ1) is 15.7. The van der Waals surface area contributed by atoms with Gasteiger partial charge in [-0.15, -0.1) is 11.3 Å². The van der Waals surface area contributed by atoms with E-state index in [9.17, 15) is 0 Å². The topological polar surface area (TPSA) is 32.3 Å². The summed E-state index contributed by atoms with van der Waals surface area (Å²) in [4.78, 5) is 15.4. The van der Waals surface area contributed by atoms with Gasteiger partial charge in [0.15, 0.2) is 0 Å². The summed E-state index contributed by atoms with van der Waals surface area (Å²) in [6, 6.07) is 2.87. The van der Waals surface area contributed by atoms with Gasteiger partial charge in [-0.3, -0.25) is 0 Å². The van der Waals surface area contributed by atoms with Gasteiger partial charge in [0.2, 0.25) is 0 Å². The number of likely N-dealkylation sites (tertiary alicyclic amines) is 1. The Balaban J connectivity index is 1.74. The van der Waals surface area contributed by atoms with Crippen LogP contribution in [0.4, 0.5) is 5.82 Å². The minimum atomic E-state index is 0.724. The number of hydrogen-bond donors (Lipinski definition) is 0. The summed E-state index contributed by atoms with van der Waals surface area (Å²) < 4.78 is 0. The van der Waals surface area contributed by atoms with Gasteiger partial charge < -0.3 is 9.80 Å². The molecule has 0 bridgehead atoms. The number of nitrogens with zero attached hydrogens (tertiary/aromatic N) is 4. The van der Waals surface area contributed by atoms with Crippen molar-refractivity contribution >= 4 is 27.4 Å². The van der Waals surface area contributed by atoms with Crippen LogP contribution < -0.4 is 4.90 Å². The van der Waals surface area contributed by atoms with Gasteiger partial charge in [-0.2, -0.15) is 0 Å². The highest BCUT2D eigenvalue weighted by molar-refractivity contribution is 7.16. The maximum absolute atomic E-state index is 4.78. The van der Waals surface area contributed by atoms with Crippen LogP contribution in [0, 0.1) is 0 Å². The van der Waals surface area contributed by atoms with Gasteiger partial charge in [0.25, 0.3) is 0 Å². The monoisotopic (exact) mass is 318 g/mol. The number of piperidine rings is 1. The molecule has 2 aromatic heterocycles. The van der Waals surface area contributed by atoms with Gasteiger partial charge >= 0.3 is 0 Å². The Bertz CT molecular complexity index is 624. The molecule has 0 amide bonds. The highest BCUT2D eigenvalue weighted by Crippen LogP contribution is 2.28. The molecule has 0 aliphatic carbocycles. The van der Waals surface area contributed by atoms with Gasteiger partial charge in [-0.1, -0.05) is 13.3 Å². The van der Waals surface area contributed by atoms with Crippen molar-refractivity contribution in [1.29, 1.82) is 0 Å². The predicted molar refractivity (Wildman–Crippen MR) is 94.9 cm³/mol. The average Bonchev–Trinajstić information content (AvgIpc) is 3.01. The highest BCUT2D eigenvalue weighted by Gasteiger charge is 2.20. The Morgan fingerprint density at radius 1 is 1.36 bits per heavy atom. The Hall–Kier alpha value is -1.20. The van der Waals surface area contributed by atoms with E-state index < -0.39 is 0 Å². The second-order valence-electron chi connectivity index (χ2n) is 6.30. The molecule has 0 aromatic carbocycles. The van der Waals surface area contributed by atoms with Crippen molar-refractivity contribution < 1.29 is 0 Å². The van der Waals surface area contributed by atoms with Crippen LogP contribution in [0.1, 0.15) is 38.4 Å². The summed E-state index contributed by atoms with van der Waals surface area (Å²) in [5.41, 5.74) is 0. The summed E-state index contributed by atoms with van der Waals surface area (Å²) in [5, 5.41) is 3.31. The predicted octanol–water partition coefficient (Wildman–Crippen LogP) is 3.56. The van der Waals surface area contributed by atoms with Crippen molar-refractivity contribution in [3.63, 3.8) is 0 Å². The third kappa shape index (κ3) is 3.25. The molecular formula is C17H26N4S. The van der Waals surface area contributed by atoms with Crippen LogP contribution in [0.5, 0.6) is 0 Å². The summed E-state index contributed by atoms with van der Waals surface area (Å²) in [5.74, 6) is 2.05. The summed E-state index contributed by atoms with van der Waals surface area (Å²) >= 11 is 1.71. The molecule has 5 heteroatoms. The van der Waals surface area contributed by atoms with E-state index >= 15 is 0 Å². The molecule has 1 saturated heterocycles. The van der Waals surface area contributed by atoms with Crippen molar-refractivity contribution in [3.8, 4) is 0 Å². The van der Waals surface area contributed by atoms with Crippen molar-refractivity contribution in [2.75, 3.05) is 32.1 Å². The molecule has 22 heavy (non-hydrogen) atoms. The van der Waals surface area contributed by atoms with Gasteiger partial charge in [0, 0.05) is 26.1 Å². The van der Waals surface area contributed by atoms with E-state index in [1.807, 2.05) is 0 Å². The van der Waals surface area contributed by atoms with Crippen LogP contribution in [0.3, 0.4) is 0 Å². The van der Waals surface area contributed by atoms with E-state index in [1.54, 1.807) is 11.3 Å². The SMILES string of the molecule is CCc1nc(N(C)CCC2CCCCN2C)c2ccsc2n1. The Kier molecular flexibility index (Phi) is 4.93. The van der Waals surface area contributed by atoms with Gasteiger partial charge in [0.05, 0.1) is 5.39 Å². The molecule has 0 spiro atoms. The fraction of sp³-hybridized carbons (Fsp3) is 0.647. The molecule has 3 heterocycles. The second-order valence-corrected chi connectivity index (χ2v) is 7.19. The lowest BCUT2D eigenvalue weighted by atomic mass is 10.00. The zero-order chi connectivity index (χ0) is 15.5. The zero-order valence-corrected chi connectivity index (χ0v) is 14.7. The number of fused-ring (bicyclic) bond motifs is 1. The van der Waals surface area contributed by atoms with Gasteiger partial charge in [0.1, 0.15) is 16.5 Å². The van der Waals surface area contributed by atoms with Crippen LogP contribution in [-0.2, 0) is 6.42 Å². The molecule has 0 N–H and O–H groups in total. The molecule has 3 rings (SSSR count). The molecule has 0 radical (unpaired) electrons. The van der Waals surface area contributed by atoms with Crippen LogP contribution in [-0.4, -0.2) is 48.1 Å². The third-order valence-electron chi connectivity index (χ3n) is 4.75. The Labute approximate surface area is 137 Å². The molecule has 1 aliphatic rings. The van der Waals surface area contributed by atoms with Crippen molar-refractivity contribution in [3.05, 3.63) is 17.3 Å².